The Balaban J connectivity index is 1.79. The van der Waals surface area contributed by atoms with Gasteiger partial charge in [-0.2, -0.15) is 0 Å². The van der Waals surface area contributed by atoms with Crippen LogP contribution in [0.3, 0.4) is 0 Å². The molecule has 2 amide bonds. The molecule has 1 aromatic heterocycles. The van der Waals surface area contributed by atoms with Gasteiger partial charge in [-0.1, -0.05) is 49.2 Å². The summed E-state index contributed by atoms with van der Waals surface area (Å²) in [5.74, 6) is -2.26. The number of carbonyl (C=O) groups excluding carboxylic acids is 2. The molecule has 1 N–H and O–H groups in total. The number of carbonyl (C=O) groups is 2. The zero-order valence-corrected chi connectivity index (χ0v) is 18.3. The first kappa shape index (κ1) is 22.1. The summed E-state index contributed by atoms with van der Waals surface area (Å²) in [6.07, 6.45) is 3.65. The Morgan fingerprint density at radius 2 is 1.66 bits per heavy atom. The van der Waals surface area contributed by atoms with Crippen LogP contribution >= 0.6 is 11.3 Å². The Morgan fingerprint density at radius 3 is 2.31 bits per heavy atom. The lowest BCUT2D eigenvalue weighted by molar-refractivity contribution is -0.127. The maximum absolute atomic E-state index is 14.9. The van der Waals surface area contributed by atoms with E-state index in [1.807, 2.05) is 11.4 Å². The number of hydrogen-bond donors (Lipinski definition) is 1. The van der Waals surface area contributed by atoms with Crippen molar-refractivity contribution in [2.75, 3.05) is 4.90 Å². The summed E-state index contributed by atoms with van der Waals surface area (Å²) in [5.41, 5.74) is -0.0188. The van der Waals surface area contributed by atoms with Gasteiger partial charge in [-0.3, -0.25) is 14.5 Å². The van der Waals surface area contributed by atoms with Crippen LogP contribution < -0.4 is 10.2 Å². The van der Waals surface area contributed by atoms with Gasteiger partial charge >= 0.3 is 0 Å². The molecule has 1 fully saturated rings. The highest BCUT2D eigenvalue weighted by atomic mass is 32.1. The van der Waals surface area contributed by atoms with Crippen LogP contribution in [0, 0.1) is 11.6 Å². The maximum atomic E-state index is 14.9. The monoisotopic (exact) mass is 454 g/mol. The number of halogens is 2. The van der Waals surface area contributed by atoms with Crippen LogP contribution in [0.15, 0.2) is 66.0 Å². The average molecular weight is 455 g/mol. The van der Waals surface area contributed by atoms with Crippen LogP contribution in [0.2, 0.25) is 0 Å². The van der Waals surface area contributed by atoms with Crippen molar-refractivity contribution in [2.24, 2.45) is 0 Å². The SMILES string of the molecule is O=C(NC1CCCC1)C(c1ccccc1F)N(C(=O)Cc1cccs1)c1ccccc1F. The average Bonchev–Trinajstić information content (AvgIpc) is 3.48. The molecular formula is C25H24F2N2O2S. The smallest absolute Gasteiger partial charge is 0.248 e. The fourth-order valence-corrected chi connectivity index (χ4v) is 4.85. The second-order valence-corrected chi connectivity index (χ2v) is 8.92. The lowest BCUT2D eigenvalue weighted by Crippen LogP contribution is -2.47. The molecule has 4 rings (SSSR count). The Hall–Kier alpha value is -3.06. The molecule has 2 aromatic carbocycles. The highest BCUT2D eigenvalue weighted by Crippen LogP contribution is 2.33. The standard InChI is InChI=1S/C25H24F2N2O2S/c26-20-12-4-3-11-19(20)24(25(31)28-17-8-1-2-9-17)29(22-14-6-5-13-21(22)27)23(30)16-18-10-7-15-32-18/h3-7,10-15,17,24H,1-2,8-9,16H2,(H,28,31). The fraction of sp³-hybridized carbons (Fsp3) is 0.280. The summed E-state index contributed by atoms with van der Waals surface area (Å²) in [6.45, 7) is 0. The minimum Gasteiger partial charge on any atom is -0.351 e. The van der Waals surface area contributed by atoms with Crippen molar-refractivity contribution in [3.05, 3.63) is 88.1 Å². The van der Waals surface area contributed by atoms with Crippen LogP contribution in [0.1, 0.15) is 42.2 Å². The van der Waals surface area contributed by atoms with E-state index in [2.05, 4.69) is 5.32 Å². The molecule has 166 valence electrons. The van der Waals surface area contributed by atoms with Gasteiger partial charge in [0, 0.05) is 16.5 Å². The summed E-state index contributed by atoms with van der Waals surface area (Å²) < 4.78 is 29.8. The molecule has 1 saturated carbocycles. The number of hydrogen-bond acceptors (Lipinski definition) is 3. The molecule has 0 bridgehead atoms. The Labute approximate surface area is 189 Å². The molecule has 32 heavy (non-hydrogen) atoms. The normalized spacial score (nSPS) is 14.8. The number of benzene rings is 2. The van der Waals surface area contributed by atoms with Gasteiger partial charge in [-0.15, -0.1) is 11.3 Å². The summed E-state index contributed by atoms with van der Waals surface area (Å²) >= 11 is 1.40. The van der Waals surface area contributed by atoms with Crippen LogP contribution in [0.5, 0.6) is 0 Å². The second kappa shape index (κ2) is 10.0. The van der Waals surface area contributed by atoms with E-state index in [1.54, 1.807) is 18.2 Å². The van der Waals surface area contributed by atoms with Gasteiger partial charge in [0.05, 0.1) is 12.1 Å². The number of thiophene rings is 1. The summed E-state index contributed by atoms with van der Waals surface area (Å²) in [4.78, 5) is 28.9. The Kier molecular flexibility index (Phi) is 6.95. The first-order valence-corrected chi connectivity index (χ1v) is 11.6. The number of nitrogens with zero attached hydrogens (tertiary/aromatic N) is 1. The predicted molar refractivity (Wildman–Crippen MR) is 121 cm³/mol. The van der Waals surface area contributed by atoms with Crippen LogP contribution in [0.25, 0.3) is 0 Å². The fourth-order valence-electron chi connectivity index (χ4n) is 4.16. The molecule has 4 nitrogen and oxygen atoms in total. The van der Waals surface area contributed by atoms with E-state index in [0.29, 0.717) is 0 Å². The molecule has 1 heterocycles. The van der Waals surface area contributed by atoms with Crippen molar-refractivity contribution in [3.63, 3.8) is 0 Å². The van der Waals surface area contributed by atoms with Gasteiger partial charge in [-0.05, 0) is 42.5 Å². The molecule has 0 saturated heterocycles. The Bertz CT molecular complexity index is 1080. The van der Waals surface area contributed by atoms with Crippen molar-refractivity contribution in [1.82, 2.24) is 5.32 Å². The number of amides is 2. The van der Waals surface area contributed by atoms with Crippen molar-refractivity contribution in [1.29, 1.82) is 0 Å². The highest BCUT2D eigenvalue weighted by molar-refractivity contribution is 7.10. The molecule has 1 aliphatic rings. The highest BCUT2D eigenvalue weighted by Gasteiger charge is 2.36. The van der Waals surface area contributed by atoms with Crippen LogP contribution in [-0.4, -0.2) is 17.9 Å². The van der Waals surface area contributed by atoms with Crippen LogP contribution in [-0.2, 0) is 16.0 Å². The first-order valence-electron chi connectivity index (χ1n) is 10.7. The minimum absolute atomic E-state index is 0.0202. The van der Waals surface area contributed by atoms with E-state index >= 15 is 0 Å². The molecule has 1 unspecified atom stereocenters. The molecule has 7 heteroatoms. The number of para-hydroxylation sites is 1. The third-order valence-corrected chi connectivity index (χ3v) is 6.57. The van der Waals surface area contributed by atoms with E-state index in [0.717, 1.165) is 35.5 Å². The second-order valence-electron chi connectivity index (χ2n) is 7.89. The van der Waals surface area contributed by atoms with E-state index in [1.165, 1.54) is 47.7 Å². The lowest BCUT2D eigenvalue weighted by atomic mass is 10.0. The van der Waals surface area contributed by atoms with E-state index in [-0.39, 0.29) is 23.7 Å². The number of nitrogens with one attached hydrogen (secondary N) is 1. The molecule has 0 radical (unpaired) electrons. The van der Waals surface area contributed by atoms with Gasteiger partial charge in [0.2, 0.25) is 11.8 Å². The molecular weight excluding hydrogens is 430 g/mol. The molecule has 0 spiro atoms. The van der Waals surface area contributed by atoms with Gasteiger partial charge in [0.1, 0.15) is 17.7 Å². The summed E-state index contributed by atoms with van der Waals surface area (Å²) in [5, 5.41) is 4.81. The third-order valence-electron chi connectivity index (χ3n) is 5.69. The minimum atomic E-state index is -1.33. The van der Waals surface area contributed by atoms with Gasteiger partial charge < -0.3 is 5.32 Å². The zero-order valence-electron chi connectivity index (χ0n) is 17.5. The van der Waals surface area contributed by atoms with Gasteiger partial charge in [0.25, 0.3) is 0 Å². The predicted octanol–water partition coefficient (Wildman–Crippen LogP) is 5.40. The number of anilines is 1. The number of rotatable bonds is 7. The summed E-state index contributed by atoms with van der Waals surface area (Å²) in [7, 11) is 0. The molecule has 1 aliphatic carbocycles. The third kappa shape index (κ3) is 4.88. The van der Waals surface area contributed by atoms with Crippen molar-refractivity contribution in [2.45, 2.75) is 44.2 Å². The molecule has 0 aliphatic heterocycles. The lowest BCUT2D eigenvalue weighted by Gasteiger charge is -2.32. The summed E-state index contributed by atoms with van der Waals surface area (Å²) in [6, 6.07) is 13.9. The largest absolute Gasteiger partial charge is 0.351 e. The van der Waals surface area contributed by atoms with Crippen LogP contribution in [0.4, 0.5) is 14.5 Å². The molecule has 1 atom stereocenters. The maximum Gasteiger partial charge on any atom is 0.248 e. The topological polar surface area (TPSA) is 49.4 Å². The van der Waals surface area contributed by atoms with E-state index in [9.17, 15) is 18.4 Å². The quantitative estimate of drug-likeness (QED) is 0.520. The Morgan fingerprint density at radius 1 is 0.969 bits per heavy atom. The van der Waals surface area contributed by atoms with Crippen molar-refractivity contribution < 1.29 is 18.4 Å². The van der Waals surface area contributed by atoms with Gasteiger partial charge in [0.15, 0.2) is 0 Å². The van der Waals surface area contributed by atoms with Crippen molar-refractivity contribution >= 4 is 28.8 Å². The molecule has 3 aromatic rings. The van der Waals surface area contributed by atoms with E-state index in [4.69, 9.17) is 0 Å². The van der Waals surface area contributed by atoms with E-state index < -0.39 is 29.5 Å². The van der Waals surface area contributed by atoms with Crippen molar-refractivity contribution in [3.8, 4) is 0 Å². The van der Waals surface area contributed by atoms with Gasteiger partial charge in [-0.25, -0.2) is 8.78 Å². The first-order chi connectivity index (χ1) is 15.5. The zero-order chi connectivity index (χ0) is 22.5.